The number of morpholine rings is 1. The summed E-state index contributed by atoms with van der Waals surface area (Å²) in [6.07, 6.45) is 0.252. The Morgan fingerprint density at radius 1 is 0.957 bits per heavy atom. The van der Waals surface area contributed by atoms with Crippen LogP contribution in [0.3, 0.4) is 0 Å². The van der Waals surface area contributed by atoms with E-state index in [1.165, 1.54) is 5.56 Å². The second-order valence-corrected chi connectivity index (χ2v) is 5.46. The topological polar surface area (TPSA) is 24.5 Å². The normalized spacial score (nSPS) is 17.7. The number of para-hydroxylation sites is 1. The van der Waals surface area contributed by atoms with Crippen molar-refractivity contribution in [3.63, 3.8) is 0 Å². The Kier molecular flexibility index (Phi) is 9.03. The average Bonchev–Trinajstić information content (AvgIpc) is 2.55. The highest BCUT2D eigenvalue weighted by atomic mass is 35.5. The molecule has 23 heavy (non-hydrogen) atoms. The third kappa shape index (κ3) is 6.40. The molecule has 2 aromatic carbocycles. The van der Waals surface area contributed by atoms with Crippen LogP contribution in [-0.4, -0.2) is 37.2 Å². The molecule has 1 unspecified atom stereocenters. The van der Waals surface area contributed by atoms with Gasteiger partial charge in [-0.05, 0) is 17.7 Å². The van der Waals surface area contributed by atoms with E-state index >= 15 is 0 Å². The van der Waals surface area contributed by atoms with E-state index < -0.39 is 0 Å². The molecule has 2 aromatic rings. The lowest BCUT2D eigenvalue weighted by molar-refractivity contribution is -0.0240. The van der Waals surface area contributed by atoms with Crippen LogP contribution < -0.4 is 5.32 Å². The molecule has 0 aromatic heterocycles. The van der Waals surface area contributed by atoms with Crippen LogP contribution in [0.15, 0.2) is 60.7 Å². The third-order valence-electron chi connectivity index (χ3n) is 3.78. The molecule has 1 N–H and O–H groups in total. The summed E-state index contributed by atoms with van der Waals surface area (Å²) in [6.45, 7) is 4.67. The van der Waals surface area contributed by atoms with E-state index in [0.717, 1.165) is 38.5 Å². The standard InChI is InChI=1S/C18H22N2O.2ClH/c1-3-7-16(8-4-1)14-20-11-12-21-18(15-20)13-19-17-9-5-2-6-10-17;;/h1-10,18-19H,11-15H2;2*1H. The Hall–Kier alpha value is -1.26. The quantitative estimate of drug-likeness (QED) is 0.882. The van der Waals surface area contributed by atoms with E-state index in [1.54, 1.807) is 0 Å². The summed E-state index contributed by atoms with van der Waals surface area (Å²) in [4.78, 5) is 2.47. The van der Waals surface area contributed by atoms with Crippen LogP contribution >= 0.6 is 24.8 Å². The number of nitrogens with zero attached hydrogens (tertiary/aromatic N) is 1. The summed E-state index contributed by atoms with van der Waals surface area (Å²) in [7, 11) is 0. The van der Waals surface area contributed by atoms with Crippen LogP contribution in [-0.2, 0) is 11.3 Å². The van der Waals surface area contributed by atoms with Crippen LogP contribution in [0.25, 0.3) is 0 Å². The summed E-state index contributed by atoms with van der Waals surface area (Å²) < 4.78 is 5.86. The zero-order valence-corrected chi connectivity index (χ0v) is 14.7. The van der Waals surface area contributed by atoms with Gasteiger partial charge in [-0.15, -0.1) is 24.8 Å². The molecule has 3 nitrogen and oxygen atoms in total. The van der Waals surface area contributed by atoms with Crippen LogP contribution in [0.2, 0.25) is 0 Å². The SMILES string of the molecule is Cl.Cl.c1ccc(CN2CCOC(CNc3ccccc3)C2)cc1. The highest BCUT2D eigenvalue weighted by Crippen LogP contribution is 2.12. The van der Waals surface area contributed by atoms with Crippen LogP contribution in [0, 0.1) is 0 Å². The smallest absolute Gasteiger partial charge is 0.0874 e. The predicted octanol–water partition coefficient (Wildman–Crippen LogP) is 3.84. The van der Waals surface area contributed by atoms with Gasteiger partial charge in [0.15, 0.2) is 0 Å². The van der Waals surface area contributed by atoms with Crippen molar-refractivity contribution >= 4 is 30.5 Å². The molecule has 3 rings (SSSR count). The lowest BCUT2D eigenvalue weighted by Crippen LogP contribution is -2.44. The Labute approximate surface area is 150 Å². The van der Waals surface area contributed by atoms with Gasteiger partial charge in [-0.25, -0.2) is 0 Å². The fourth-order valence-corrected chi connectivity index (χ4v) is 2.68. The van der Waals surface area contributed by atoms with Gasteiger partial charge in [0, 0.05) is 31.9 Å². The van der Waals surface area contributed by atoms with Crippen molar-refractivity contribution in [2.75, 3.05) is 31.6 Å². The summed E-state index contributed by atoms with van der Waals surface area (Å²) in [5.74, 6) is 0. The van der Waals surface area contributed by atoms with Crippen molar-refractivity contribution in [1.82, 2.24) is 4.90 Å². The Balaban J connectivity index is 0.00000132. The molecule has 0 radical (unpaired) electrons. The largest absolute Gasteiger partial charge is 0.382 e. The molecule has 0 spiro atoms. The Morgan fingerprint density at radius 3 is 2.30 bits per heavy atom. The maximum atomic E-state index is 5.86. The van der Waals surface area contributed by atoms with Crippen LogP contribution in [0.4, 0.5) is 5.69 Å². The highest BCUT2D eigenvalue weighted by molar-refractivity contribution is 5.85. The lowest BCUT2D eigenvalue weighted by atomic mass is 10.2. The molecule has 0 amide bonds. The minimum atomic E-state index is 0. The molecule has 0 aliphatic carbocycles. The number of rotatable bonds is 5. The van der Waals surface area contributed by atoms with Gasteiger partial charge in [-0.1, -0.05) is 48.5 Å². The van der Waals surface area contributed by atoms with Gasteiger partial charge in [0.05, 0.1) is 12.7 Å². The van der Waals surface area contributed by atoms with Crippen LogP contribution in [0.5, 0.6) is 0 Å². The Bertz CT molecular complexity index is 539. The maximum absolute atomic E-state index is 5.86. The molecule has 1 fully saturated rings. The van der Waals surface area contributed by atoms with Crippen molar-refractivity contribution < 1.29 is 4.74 Å². The fourth-order valence-electron chi connectivity index (χ4n) is 2.68. The van der Waals surface area contributed by atoms with Gasteiger partial charge in [0.25, 0.3) is 0 Å². The van der Waals surface area contributed by atoms with E-state index in [4.69, 9.17) is 4.74 Å². The summed E-state index contributed by atoms with van der Waals surface area (Å²) in [6, 6.07) is 20.9. The number of hydrogen-bond donors (Lipinski definition) is 1. The van der Waals surface area contributed by atoms with E-state index in [9.17, 15) is 0 Å². The molecule has 1 atom stereocenters. The lowest BCUT2D eigenvalue weighted by Gasteiger charge is -2.33. The van der Waals surface area contributed by atoms with E-state index in [0.29, 0.717) is 0 Å². The number of nitrogens with one attached hydrogen (secondary N) is 1. The number of benzene rings is 2. The van der Waals surface area contributed by atoms with Gasteiger partial charge < -0.3 is 10.1 Å². The first-order valence-corrected chi connectivity index (χ1v) is 7.57. The van der Waals surface area contributed by atoms with E-state index in [1.807, 2.05) is 18.2 Å². The predicted molar refractivity (Wildman–Crippen MR) is 101 cm³/mol. The Morgan fingerprint density at radius 2 is 1.61 bits per heavy atom. The molecule has 5 heteroatoms. The van der Waals surface area contributed by atoms with Gasteiger partial charge in [-0.2, -0.15) is 0 Å². The minimum absolute atomic E-state index is 0. The molecular weight excluding hydrogens is 331 g/mol. The molecule has 1 saturated heterocycles. The molecule has 1 aliphatic rings. The molecule has 1 aliphatic heterocycles. The third-order valence-corrected chi connectivity index (χ3v) is 3.78. The first-order valence-electron chi connectivity index (χ1n) is 7.57. The summed E-state index contributed by atoms with van der Waals surface area (Å²) in [5.41, 5.74) is 2.52. The first kappa shape index (κ1) is 19.8. The van der Waals surface area contributed by atoms with E-state index in [-0.39, 0.29) is 30.9 Å². The molecule has 126 valence electrons. The minimum Gasteiger partial charge on any atom is -0.382 e. The van der Waals surface area contributed by atoms with Crippen molar-refractivity contribution in [3.05, 3.63) is 66.2 Å². The molecule has 0 saturated carbocycles. The van der Waals surface area contributed by atoms with Gasteiger partial charge >= 0.3 is 0 Å². The zero-order chi connectivity index (χ0) is 14.3. The van der Waals surface area contributed by atoms with Crippen molar-refractivity contribution in [2.24, 2.45) is 0 Å². The second kappa shape index (κ2) is 10.5. The number of halogens is 2. The van der Waals surface area contributed by atoms with E-state index in [2.05, 4.69) is 52.7 Å². The van der Waals surface area contributed by atoms with Gasteiger partial charge in [0.1, 0.15) is 0 Å². The molecular formula is C18H24Cl2N2O. The summed E-state index contributed by atoms with van der Waals surface area (Å²) >= 11 is 0. The van der Waals surface area contributed by atoms with Crippen molar-refractivity contribution in [3.8, 4) is 0 Å². The molecule has 0 bridgehead atoms. The van der Waals surface area contributed by atoms with Crippen molar-refractivity contribution in [2.45, 2.75) is 12.6 Å². The monoisotopic (exact) mass is 354 g/mol. The number of ether oxygens (including phenoxy) is 1. The van der Waals surface area contributed by atoms with Crippen molar-refractivity contribution in [1.29, 1.82) is 0 Å². The zero-order valence-electron chi connectivity index (χ0n) is 13.1. The second-order valence-electron chi connectivity index (χ2n) is 5.46. The first-order chi connectivity index (χ1) is 10.4. The summed E-state index contributed by atoms with van der Waals surface area (Å²) in [5, 5.41) is 3.45. The van der Waals surface area contributed by atoms with Gasteiger partial charge in [0.2, 0.25) is 0 Å². The average molecular weight is 355 g/mol. The van der Waals surface area contributed by atoms with Crippen LogP contribution in [0.1, 0.15) is 5.56 Å². The van der Waals surface area contributed by atoms with Gasteiger partial charge in [-0.3, -0.25) is 4.90 Å². The maximum Gasteiger partial charge on any atom is 0.0874 e. The molecule has 1 heterocycles. The highest BCUT2D eigenvalue weighted by Gasteiger charge is 2.20. The number of anilines is 1. The number of hydrogen-bond acceptors (Lipinski definition) is 3. The fraction of sp³-hybridized carbons (Fsp3) is 0.333.